The smallest absolute Gasteiger partial charge is 0.306 e. The van der Waals surface area contributed by atoms with Gasteiger partial charge in [0.1, 0.15) is 6.61 Å². The highest BCUT2D eigenvalue weighted by Gasteiger charge is 2.44. The van der Waals surface area contributed by atoms with Crippen LogP contribution in [0.2, 0.25) is 0 Å². The summed E-state index contributed by atoms with van der Waals surface area (Å²) < 4.78 is 5.20. The molecule has 5 heteroatoms. The molecule has 24 heavy (non-hydrogen) atoms. The summed E-state index contributed by atoms with van der Waals surface area (Å²) in [6, 6.07) is 16.5. The van der Waals surface area contributed by atoms with Gasteiger partial charge in [-0.3, -0.25) is 9.59 Å². The highest BCUT2D eigenvalue weighted by molar-refractivity contribution is 6.04. The number of carbonyl (C=O) groups excluding carboxylic acids is 2. The normalized spacial score (nSPS) is 18.8. The van der Waals surface area contributed by atoms with Gasteiger partial charge in [0.05, 0.1) is 0 Å². The maximum absolute atomic E-state index is 12.1. The van der Waals surface area contributed by atoms with E-state index in [2.05, 4.69) is 5.32 Å². The predicted molar refractivity (Wildman–Crippen MR) is 89.1 cm³/mol. The van der Waals surface area contributed by atoms with Crippen molar-refractivity contribution in [2.45, 2.75) is 31.5 Å². The summed E-state index contributed by atoms with van der Waals surface area (Å²) in [5.74, 6) is -0.782. The Labute approximate surface area is 140 Å². The van der Waals surface area contributed by atoms with Gasteiger partial charge in [-0.25, -0.2) is 0 Å². The van der Waals surface area contributed by atoms with Crippen LogP contribution in [-0.4, -0.2) is 17.0 Å². The molecular formula is C19H19NO4. The second-order valence-electron chi connectivity index (χ2n) is 5.86. The van der Waals surface area contributed by atoms with Crippen LogP contribution in [0, 0.1) is 0 Å². The number of amides is 1. The summed E-state index contributed by atoms with van der Waals surface area (Å²) in [6.07, 6.45) is 0.701. The van der Waals surface area contributed by atoms with E-state index >= 15 is 0 Å². The van der Waals surface area contributed by atoms with E-state index < -0.39 is 11.5 Å². The molecule has 0 saturated heterocycles. The third kappa shape index (κ3) is 3.31. The van der Waals surface area contributed by atoms with E-state index in [0.29, 0.717) is 17.7 Å². The fourth-order valence-corrected chi connectivity index (χ4v) is 2.85. The van der Waals surface area contributed by atoms with Crippen molar-refractivity contribution in [1.29, 1.82) is 0 Å². The van der Waals surface area contributed by atoms with Crippen molar-refractivity contribution in [3.05, 3.63) is 65.7 Å². The molecule has 1 heterocycles. The Balaban J connectivity index is 1.51. The number of fused-ring (bicyclic) bond motifs is 1. The number of benzene rings is 2. The Bertz CT molecular complexity index is 744. The zero-order chi connectivity index (χ0) is 17.0. The number of para-hydroxylation sites is 1. The summed E-state index contributed by atoms with van der Waals surface area (Å²) in [5, 5.41) is 13.3. The first-order chi connectivity index (χ1) is 11.6. The molecule has 0 fully saturated rings. The maximum atomic E-state index is 12.1. The van der Waals surface area contributed by atoms with Crippen LogP contribution in [0.25, 0.3) is 0 Å². The van der Waals surface area contributed by atoms with Gasteiger partial charge >= 0.3 is 5.97 Å². The molecule has 1 amide bonds. The largest absolute Gasteiger partial charge is 0.461 e. The molecule has 1 atom stereocenters. The minimum absolute atomic E-state index is 0.157. The van der Waals surface area contributed by atoms with Crippen LogP contribution in [-0.2, 0) is 26.5 Å². The minimum atomic E-state index is -1.57. The van der Waals surface area contributed by atoms with E-state index in [1.165, 1.54) is 0 Å². The van der Waals surface area contributed by atoms with Gasteiger partial charge < -0.3 is 15.2 Å². The quantitative estimate of drug-likeness (QED) is 0.801. The molecule has 0 bridgehead atoms. The SMILES string of the molecule is O=C(CCCC1(O)C(=O)Nc2ccccc21)OCc1ccccc1. The Hall–Kier alpha value is -2.66. The van der Waals surface area contributed by atoms with Crippen molar-refractivity contribution in [1.82, 2.24) is 0 Å². The van der Waals surface area contributed by atoms with Gasteiger partial charge in [-0.05, 0) is 24.5 Å². The van der Waals surface area contributed by atoms with E-state index in [-0.39, 0.29) is 25.4 Å². The number of hydrogen-bond acceptors (Lipinski definition) is 4. The van der Waals surface area contributed by atoms with Crippen LogP contribution < -0.4 is 5.32 Å². The molecule has 0 aromatic heterocycles. The molecule has 1 aliphatic rings. The topological polar surface area (TPSA) is 75.6 Å². The molecule has 3 rings (SSSR count). The molecule has 0 saturated carbocycles. The average molecular weight is 325 g/mol. The fraction of sp³-hybridized carbons (Fsp3) is 0.263. The standard InChI is InChI=1S/C19H19NO4/c21-17(24-13-14-7-2-1-3-8-14)11-6-12-19(23)15-9-4-5-10-16(15)20-18(19)22/h1-5,7-10,23H,6,11-13H2,(H,20,22). The summed E-state index contributed by atoms with van der Waals surface area (Å²) in [5.41, 5.74) is 0.536. The van der Waals surface area contributed by atoms with Crippen molar-refractivity contribution in [3.63, 3.8) is 0 Å². The number of hydrogen-bond donors (Lipinski definition) is 2. The number of nitrogens with one attached hydrogen (secondary N) is 1. The van der Waals surface area contributed by atoms with Crippen LogP contribution in [0.1, 0.15) is 30.4 Å². The number of carbonyl (C=O) groups is 2. The average Bonchev–Trinajstić information content (AvgIpc) is 2.85. The highest BCUT2D eigenvalue weighted by Crippen LogP contribution is 2.39. The van der Waals surface area contributed by atoms with Gasteiger partial charge in [-0.2, -0.15) is 0 Å². The molecule has 2 aromatic carbocycles. The summed E-state index contributed by atoms with van der Waals surface area (Å²) in [4.78, 5) is 23.9. The Morgan fingerprint density at radius 3 is 2.58 bits per heavy atom. The van der Waals surface area contributed by atoms with Crippen LogP contribution >= 0.6 is 0 Å². The highest BCUT2D eigenvalue weighted by atomic mass is 16.5. The van der Waals surface area contributed by atoms with Gasteiger partial charge in [0.25, 0.3) is 5.91 Å². The lowest BCUT2D eigenvalue weighted by Crippen LogP contribution is -2.34. The van der Waals surface area contributed by atoms with Crippen molar-refractivity contribution >= 4 is 17.6 Å². The molecule has 0 spiro atoms. The Morgan fingerprint density at radius 2 is 1.79 bits per heavy atom. The molecule has 124 valence electrons. The second-order valence-corrected chi connectivity index (χ2v) is 5.86. The monoisotopic (exact) mass is 325 g/mol. The van der Waals surface area contributed by atoms with Crippen molar-refractivity contribution < 1.29 is 19.4 Å². The molecule has 2 aromatic rings. The summed E-state index contributed by atoms with van der Waals surface area (Å²) in [7, 11) is 0. The molecule has 5 nitrogen and oxygen atoms in total. The second kappa shape index (κ2) is 6.84. The third-order valence-corrected chi connectivity index (χ3v) is 4.16. The van der Waals surface area contributed by atoms with Gasteiger partial charge in [0, 0.05) is 17.7 Å². The lowest BCUT2D eigenvalue weighted by molar-refractivity contribution is -0.146. The lowest BCUT2D eigenvalue weighted by atomic mass is 9.90. The van der Waals surface area contributed by atoms with E-state index in [4.69, 9.17) is 4.74 Å². The zero-order valence-corrected chi connectivity index (χ0v) is 13.2. The Morgan fingerprint density at radius 1 is 1.08 bits per heavy atom. The van der Waals surface area contributed by atoms with Crippen LogP contribution in [0.15, 0.2) is 54.6 Å². The first kappa shape index (κ1) is 16.2. The summed E-state index contributed by atoms with van der Waals surface area (Å²) >= 11 is 0. The van der Waals surface area contributed by atoms with E-state index in [9.17, 15) is 14.7 Å². The van der Waals surface area contributed by atoms with Crippen LogP contribution in [0.4, 0.5) is 5.69 Å². The number of rotatable bonds is 6. The molecular weight excluding hydrogens is 306 g/mol. The fourth-order valence-electron chi connectivity index (χ4n) is 2.85. The molecule has 1 aliphatic heterocycles. The van der Waals surface area contributed by atoms with Gasteiger partial charge in [-0.15, -0.1) is 0 Å². The molecule has 2 N–H and O–H groups in total. The number of anilines is 1. The predicted octanol–water partition coefficient (Wildman–Crippen LogP) is 2.74. The molecule has 0 aliphatic carbocycles. The van der Waals surface area contributed by atoms with Gasteiger partial charge in [-0.1, -0.05) is 48.5 Å². The number of ether oxygens (including phenoxy) is 1. The first-order valence-corrected chi connectivity index (χ1v) is 7.92. The minimum Gasteiger partial charge on any atom is -0.461 e. The van der Waals surface area contributed by atoms with Crippen LogP contribution in [0.3, 0.4) is 0 Å². The number of esters is 1. The third-order valence-electron chi connectivity index (χ3n) is 4.16. The van der Waals surface area contributed by atoms with Crippen molar-refractivity contribution in [2.75, 3.05) is 5.32 Å². The van der Waals surface area contributed by atoms with Gasteiger partial charge in [0.15, 0.2) is 5.60 Å². The number of aliphatic hydroxyl groups is 1. The maximum Gasteiger partial charge on any atom is 0.306 e. The van der Waals surface area contributed by atoms with Crippen molar-refractivity contribution in [3.8, 4) is 0 Å². The van der Waals surface area contributed by atoms with E-state index in [1.54, 1.807) is 24.3 Å². The zero-order valence-electron chi connectivity index (χ0n) is 13.2. The van der Waals surface area contributed by atoms with E-state index in [1.807, 2.05) is 30.3 Å². The summed E-state index contributed by atoms with van der Waals surface area (Å²) in [6.45, 7) is 0.229. The van der Waals surface area contributed by atoms with Crippen LogP contribution in [0.5, 0.6) is 0 Å². The lowest BCUT2D eigenvalue weighted by Gasteiger charge is -2.20. The van der Waals surface area contributed by atoms with Gasteiger partial charge in [0.2, 0.25) is 0 Å². The van der Waals surface area contributed by atoms with Crippen molar-refractivity contribution in [2.24, 2.45) is 0 Å². The Kier molecular flexibility index (Phi) is 4.62. The molecule has 0 radical (unpaired) electrons. The first-order valence-electron chi connectivity index (χ1n) is 7.92. The molecule has 1 unspecified atom stereocenters. The van der Waals surface area contributed by atoms with E-state index in [0.717, 1.165) is 5.56 Å².